The van der Waals surface area contributed by atoms with Gasteiger partial charge in [0.1, 0.15) is 17.7 Å². The van der Waals surface area contributed by atoms with Crippen LogP contribution >= 0.6 is 0 Å². The third-order valence-electron chi connectivity index (χ3n) is 7.16. The Hall–Kier alpha value is -3.92. The average molecular weight is 677 g/mol. The summed E-state index contributed by atoms with van der Waals surface area (Å²) in [6.07, 6.45) is -0.870. The first-order chi connectivity index (χ1) is 22.0. The Labute approximate surface area is 275 Å². The lowest BCUT2D eigenvalue weighted by Gasteiger charge is -2.45. The van der Waals surface area contributed by atoms with Crippen LogP contribution in [0.5, 0.6) is 0 Å². The van der Waals surface area contributed by atoms with Crippen LogP contribution in [0.2, 0.25) is 0 Å². The molecule has 0 unspecified atom stereocenters. The molecule has 0 spiro atoms. The third kappa shape index (κ3) is 10.5. The minimum absolute atomic E-state index is 0.00311. The first-order valence-electron chi connectivity index (χ1n) is 15.4. The summed E-state index contributed by atoms with van der Waals surface area (Å²) in [7, 11) is -4.64. The number of carbonyl (C=O) groups is 3. The molecular weight excluding hydrogens is 632 g/mol. The molecule has 14 nitrogen and oxygen atoms in total. The number of esters is 2. The molecule has 1 saturated heterocycles. The Bertz CT molecular complexity index is 1510. The quantitative estimate of drug-likeness (QED) is 0.161. The smallest absolute Gasteiger partial charge is 0.329 e. The number of benzene rings is 2. The minimum Gasteiger partial charge on any atom is -0.465 e. The maximum absolute atomic E-state index is 14.3. The zero-order valence-corrected chi connectivity index (χ0v) is 28.3. The van der Waals surface area contributed by atoms with Gasteiger partial charge in [0.15, 0.2) is 4.90 Å². The normalized spacial score (nSPS) is 19.3. The molecule has 0 aromatic heterocycles. The third-order valence-corrected chi connectivity index (χ3v) is 8.66. The van der Waals surface area contributed by atoms with Gasteiger partial charge in [0, 0.05) is 12.6 Å². The summed E-state index contributed by atoms with van der Waals surface area (Å²) < 4.78 is 47.0. The Morgan fingerprint density at radius 3 is 2.32 bits per heavy atom. The van der Waals surface area contributed by atoms with E-state index in [2.05, 4.69) is 10.0 Å². The molecule has 0 saturated carbocycles. The van der Waals surface area contributed by atoms with Gasteiger partial charge in [-0.25, -0.2) is 17.9 Å². The molecule has 1 aliphatic rings. The number of para-hydroxylation sites is 1. The summed E-state index contributed by atoms with van der Waals surface area (Å²) in [5.74, 6) is -2.10. The second-order valence-corrected chi connectivity index (χ2v) is 14.2. The van der Waals surface area contributed by atoms with Gasteiger partial charge in [0.05, 0.1) is 36.8 Å². The molecule has 0 radical (unpaired) electrons. The summed E-state index contributed by atoms with van der Waals surface area (Å²) in [6, 6.07) is 9.94. The van der Waals surface area contributed by atoms with Crippen molar-refractivity contribution >= 4 is 33.6 Å². The van der Waals surface area contributed by atoms with Gasteiger partial charge in [-0.1, -0.05) is 56.3 Å². The lowest BCUT2D eigenvalue weighted by molar-refractivity contribution is -0.387. The van der Waals surface area contributed by atoms with E-state index in [4.69, 9.17) is 14.2 Å². The molecule has 2 aromatic rings. The summed E-state index contributed by atoms with van der Waals surface area (Å²) in [4.78, 5) is 51.9. The van der Waals surface area contributed by atoms with E-state index in [1.807, 2.05) is 19.9 Å². The van der Waals surface area contributed by atoms with Crippen molar-refractivity contribution in [3.8, 4) is 0 Å². The number of piperidine rings is 1. The van der Waals surface area contributed by atoms with Crippen LogP contribution in [0.25, 0.3) is 0 Å². The molecule has 15 heteroatoms. The van der Waals surface area contributed by atoms with Crippen molar-refractivity contribution in [2.75, 3.05) is 19.7 Å². The monoisotopic (exact) mass is 676 g/mol. The highest BCUT2D eigenvalue weighted by Gasteiger charge is 2.49. The van der Waals surface area contributed by atoms with Gasteiger partial charge < -0.3 is 19.1 Å². The van der Waals surface area contributed by atoms with E-state index in [1.54, 1.807) is 52.0 Å². The van der Waals surface area contributed by atoms with Gasteiger partial charge >= 0.3 is 11.9 Å². The molecule has 2 aromatic carbocycles. The van der Waals surface area contributed by atoms with Crippen molar-refractivity contribution in [1.29, 1.82) is 0 Å². The SMILES string of the molecule is CCOC(=O)CN[C@H]1C(=O)N([C@@H](CC(C)C)C(=O)OC(C)(C)C)C[C@@H](OCc2ccccc2)[C@@H]1NS(=O)(=O)c1ccccc1[N+](=O)[O-]. The van der Waals surface area contributed by atoms with Gasteiger partial charge in [-0.3, -0.25) is 25.0 Å². The molecule has 47 heavy (non-hydrogen) atoms. The zero-order valence-electron chi connectivity index (χ0n) is 27.5. The lowest BCUT2D eigenvalue weighted by atomic mass is 9.92. The number of amides is 1. The topological polar surface area (TPSA) is 183 Å². The van der Waals surface area contributed by atoms with Crippen LogP contribution in [0.1, 0.15) is 53.5 Å². The molecule has 258 valence electrons. The Kier molecular flexibility index (Phi) is 13.0. The number of nitro groups is 1. The van der Waals surface area contributed by atoms with E-state index >= 15 is 0 Å². The van der Waals surface area contributed by atoms with Gasteiger partial charge in [0.2, 0.25) is 15.9 Å². The van der Waals surface area contributed by atoms with E-state index in [-0.39, 0.29) is 32.1 Å². The van der Waals surface area contributed by atoms with Gasteiger partial charge in [0.25, 0.3) is 5.69 Å². The first kappa shape index (κ1) is 37.5. The number of hydrogen-bond acceptors (Lipinski definition) is 11. The standard InChI is InChI=1S/C32H44N4O10S/c1-7-44-27(37)18-33-29-28(34-47(42,43)26-16-12-11-15-23(26)36(40)41)25(45-20-22-13-9-8-10-14-22)19-35(30(29)38)24(17-21(2)3)31(39)46-32(4,5)6/h8-16,21,24-25,28-29,33-34H,7,17-20H2,1-6H3/t24-,25+,28-,29+/m0/s1. The summed E-state index contributed by atoms with van der Waals surface area (Å²) in [6.45, 7) is 9.86. The molecule has 1 aliphatic heterocycles. The van der Waals surface area contributed by atoms with Crippen LogP contribution in [0.3, 0.4) is 0 Å². The number of nitrogens with one attached hydrogen (secondary N) is 2. The number of rotatable bonds is 15. The van der Waals surface area contributed by atoms with Gasteiger partial charge in [-0.2, -0.15) is 0 Å². The van der Waals surface area contributed by atoms with Crippen molar-refractivity contribution in [3.63, 3.8) is 0 Å². The molecular formula is C32H44N4O10S. The van der Waals surface area contributed by atoms with E-state index in [9.17, 15) is 32.9 Å². The molecule has 3 rings (SSSR count). The molecule has 4 atom stereocenters. The fourth-order valence-electron chi connectivity index (χ4n) is 5.17. The van der Waals surface area contributed by atoms with Crippen LogP contribution < -0.4 is 10.0 Å². The van der Waals surface area contributed by atoms with Crippen LogP contribution in [-0.4, -0.2) is 85.6 Å². The number of carbonyl (C=O) groups excluding carboxylic acids is 3. The molecule has 1 fully saturated rings. The Balaban J connectivity index is 2.13. The number of nitro benzene ring substituents is 1. The summed E-state index contributed by atoms with van der Waals surface area (Å²) in [5.41, 5.74) is -0.778. The van der Waals surface area contributed by atoms with E-state index in [1.165, 1.54) is 17.0 Å². The number of ether oxygens (including phenoxy) is 3. The first-order valence-corrected chi connectivity index (χ1v) is 16.9. The fraction of sp³-hybridized carbons (Fsp3) is 0.531. The maximum atomic E-state index is 14.3. The van der Waals surface area contributed by atoms with Crippen LogP contribution in [0.4, 0.5) is 5.69 Å². The minimum atomic E-state index is -4.64. The molecule has 1 amide bonds. The number of nitrogens with zero attached hydrogens (tertiary/aromatic N) is 2. The zero-order chi connectivity index (χ0) is 34.9. The molecule has 0 bridgehead atoms. The van der Waals surface area contributed by atoms with Crippen molar-refractivity contribution < 1.29 is 41.9 Å². The maximum Gasteiger partial charge on any atom is 0.329 e. The Morgan fingerprint density at radius 2 is 1.72 bits per heavy atom. The van der Waals surface area contributed by atoms with Crippen molar-refractivity contribution in [2.24, 2.45) is 5.92 Å². The van der Waals surface area contributed by atoms with E-state index < -0.39 is 79.8 Å². The number of hydrogen-bond donors (Lipinski definition) is 2. The molecule has 0 aliphatic carbocycles. The van der Waals surface area contributed by atoms with Gasteiger partial charge in [-0.05, 0) is 51.7 Å². The second kappa shape index (κ2) is 16.3. The van der Waals surface area contributed by atoms with Crippen LogP contribution in [0, 0.1) is 16.0 Å². The predicted octanol–water partition coefficient (Wildman–Crippen LogP) is 2.95. The number of sulfonamides is 1. The largest absolute Gasteiger partial charge is 0.465 e. The van der Waals surface area contributed by atoms with Crippen LogP contribution in [0.15, 0.2) is 59.5 Å². The summed E-state index contributed by atoms with van der Waals surface area (Å²) in [5, 5.41) is 14.5. The average Bonchev–Trinajstić information content (AvgIpc) is 2.99. The summed E-state index contributed by atoms with van der Waals surface area (Å²) >= 11 is 0. The van der Waals surface area contributed by atoms with E-state index in [0.29, 0.717) is 0 Å². The Morgan fingerprint density at radius 1 is 1.09 bits per heavy atom. The lowest BCUT2D eigenvalue weighted by Crippen LogP contribution is -2.71. The number of likely N-dealkylation sites (tertiary alicyclic amines) is 1. The highest BCUT2D eigenvalue weighted by Crippen LogP contribution is 2.28. The molecule has 2 N–H and O–H groups in total. The molecule has 1 heterocycles. The fourth-order valence-corrected chi connectivity index (χ4v) is 6.62. The van der Waals surface area contributed by atoms with Gasteiger partial charge in [-0.15, -0.1) is 0 Å². The highest BCUT2D eigenvalue weighted by atomic mass is 32.2. The van der Waals surface area contributed by atoms with Crippen molar-refractivity contribution in [1.82, 2.24) is 14.9 Å². The highest BCUT2D eigenvalue weighted by molar-refractivity contribution is 7.89. The van der Waals surface area contributed by atoms with E-state index in [0.717, 1.165) is 17.7 Å². The van der Waals surface area contributed by atoms with Crippen molar-refractivity contribution in [2.45, 2.75) is 89.3 Å². The van der Waals surface area contributed by atoms with Crippen LogP contribution in [-0.2, 0) is 45.2 Å². The second-order valence-electron chi connectivity index (χ2n) is 12.5. The van der Waals surface area contributed by atoms with Crippen molar-refractivity contribution in [3.05, 3.63) is 70.3 Å². The predicted molar refractivity (Wildman–Crippen MR) is 171 cm³/mol.